The summed E-state index contributed by atoms with van der Waals surface area (Å²) < 4.78 is 4.65. The maximum Gasteiger partial charge on any atom is 0.351 e. The number of carbonyl (C=O) groups is 1. The van der Waals surface area contributed by atoms with Crippen molar-refractivity contribution in [2.24, 2.45) is 5.73 Å². The molecule has 0 radical (unpaired) electrons. The van der Waals surface area contributed by atoms with Crippen molar-refractivity contribution in [1.82, 2.24) is 4.98 Å². The third kappa shape index (κ3) is 2.50. The van der Waals surface area contributed by atoms with E-state index in [1.54, 1.807) is 0 Å². The van der Waals surface area contributed by atoms with Gasteiger partial charge in [-0.15, -0.1) is 0 Å². The molecule has 1 atom stereocenters. The van der Waals surface area contributed by atoms with Crippen molar-refractivity contribution in [2.45, 2.75) is 18.9 Å². The Morgan fingerprint density at radius 2 is 2.41 bits per heavy atom. The summed E-state index contributed by atoms with van der Waals surface area (Å²) in [7, 11) is 1.33. The summed E-state index contributed by atoms with van der Waals surface area (Å²) >= 11 is 1.26. The summed E-state index contributed by atoms with van der Waals surface area (Å²) in [4.78, 5) is 18.1. The van der Waals surface area contributed by atoms with E-state index in [4.69, 9.17) is 11.5 Å². The lowest BCUT2D eigenvalue weighted by Gasteiger charge is -2.30. The number of methoxy groups -OCH3 is 1. The summed E-state index contributed by atoms with van der Waals surface area (Å²) in [5.41, 5.74) is 11.6. The molecular weight excluding hydrogens is 240 g/mol. The first kappa shape index (κ1) is 12.1. The summed E-state index contributed by atoms with van der Waals surface area (Å²) in [6.07, 6.45) is 2.06. The van der Waals surface area contributed by atoms with Gasteiger partial charge in [0.15, 0.2) is 15.8 Å². The fourth-order valence-corrected chi connectivity index (χ4v) is 2.82. The number of aromatic nitrogens is 1. The molecule has 0 saturated carbocycles. The third-order valence-electron chi connectivity index (χ3n) is 2.74. The Bertz CT molecular complexity index is 420. The molecule has 0 unspecified atom stereocenters. The fraction of sp³-hybridized carbons (Fsp3) is 0.600. The molecule has 0 bridgehead atoms. The smallest absolute Gasteiger partial charge is 0.351 e. The number of thiazole rings is 1. The molecule has 0 aliphatic carbocycles. The molecule has 7 heteroatoms. The van der Waals surface area contributed by atoms with Gasteiger partial charge in [-0.3, -0.25) is 0 Å². The molecule has 1 aliphatic rings. The number of hydrogen-bond donors (Lipinski definition) is 2. The number of nitrogens with two attached hydrogens (primary N) is 2. The molecule has 2 rings (SSSR count). The van der Waals surface area contributed by atoms with Crippen LogP contribution in [-0.4, -0.2) is 37.2 Å². The minimum absolute atomic E-state index is 0.162. The van der Waals surface area contributed by atoms with E-state index in [0.717, 1.165) is 31.1 Å². The first-order chi connectivity index (χ1) is 8.11. The van der Waals surface area contributed by atoms with Crippen LogP contribution in [0.3, 0.4) is 0 Å². The van der Waals surface area contributed by atoms with Crippen molar-refractivity contribution in [3.8, 4) is 0 Å². The quantitative estimate of drug-likeness (QED) is 0.746. The van der Waals surface area contributed by atoms with Crippen LogP contribution in [0.15, 0.2) is 0 Å². The molecule has 1 fully saturated rings. The second kappa shape index (κ2) is 4.89. The van der Waals surface area contributed by atoms with Gasteiger partial charge < -0.3 is 21.1 Å². The predicted molar refractivity (Wildman–Crippen MR) is 67.3 cm³/mol. The van der Waals surface area contributed by atoms with E-state index in [1.165, 1.54) is 18.4 Å². The second-order valence-electron chi connectivity index (χ2n) is 4.05. The van der Waals surface area contributed by atoms with Crippen LogP contribution >= 0.6 is 11.3 Å². The van der Waals surface area contributed by atoms with Crippen molar-refractivity contribution in [3.63, 3.8) is 0 Å². The minimum atomic E-state index is -0.437. The number of hydrogen-bond acceptors (Lipinski definition) is 7. The Morgan fingerprint density at radius 1 is 1.65 bits per heavy atom. The fourth-order valence-electron chi connectivity index (χ4n) is 1.88. The average molecular weight is 256 g/mol. The summed E-state index contributed by atoms with van der Waals surface area (Å²) in [6.45, 7) is 1.66. The lowest BCUT2D eigenvalue weighted by Crippen LogP contribution is -2.42. The molecule has 6 nitrogen and oxygen atoms in total. The van der Waals surface area contributed by atoms with Gasteiger partial charge in [0.25, 0.3) is 0 Å². The summed E-state index contributed by atoms with van der Waals surface area (Å²) in [5.74, 6) is -0.205. The van der Waals surface area contributed by atoms with E-state index in [9.17, 15) is 4.79 Å². The summed E-state index contributed by atoms with van der Waals surface area (Å²) in [5, 5.41) is 0.748. The molecule has 1 saturated heterocycles. The number of esters is 1. The van der Waals surface area contributed by atoms with Crippen molar-refractivity contribution < 1.29 is 9.53 Å². The molecule has 94 valence electrons. The predicted octanol–water partition coefficient (Wildman–Crippen LogP) is 0.439. The zero-order valence-electron chi connectivity index (χ0n) is 9.68. The molecule has 1 aromatic rings. The lowest BCUT2D eigenvalue weighted by molar-refractivity contribution is 0.0607. The van der Waals surface area contributed by atoms with Gasteiger partial charge in [0.05, 0.1) is 7.11 Å². The Kier molecular flexibility index (Phi) is 3.49. The van der Waals surface area contributed by atoms with Gasteiger partial charge in [0.2, 0.25) is 0 Å². The number of nitrogens with zero attached hydrogens (tertiary/aromatic N) is 2. The average Bonchev–Trinajstić information content (AvgIpc) is 2.70. The molecular formula is C10H16N4O2S. The molecule has 0 spiro atoms. The molecule has 0 amide bonds. The van der Waals surface area contributed by atoms with Crippen molar-refractivity contribution >= 4 is 28.3 Å². The van der Waals surface area contributed by atoms with Gasteiger partial charge in [-0.25, -0.2) is 9.78 Å². The van der Waals surface area contributed by atoms with Gasteiger partial charge in [0.1, 0.15) is 0 Å². The molecule has 1 aliphatic heterocycles. The topological polar surface area (TPSA) is 94.5 Å². The summed E-state index contributed by atoms with van der Waals surface area (Å²) in [6, 6.07) is 0.162. The molecule has 0 aromatic carbocycles. The third-order valence-corrected chi connectivity index (χ3v) is 3.85. The Labute approximate surface area is 104 Å². The Morgan fingerprint density at radius 3 is 3.06 bits per heavy atom. The van der Waals surface area contributed by atoms with Gasteiger partial charge in [-0.2, -0.15) is 0 Å². The zero-order valence-corrected chi connectivity index (χ0v) is 10.5. The highest BCUT2D eigenvalue weighted by atomic mass is 32.1. The number of ether oxygens (including phenoxy) is 1. The van der Waals surface area contributed by atoms with Crippen molar-refractivity contribution in [1.29, 1.82) is 0 Å². The van der Waals surface area contributed by atoms with Crippen LogP contribution < -0.4 is 16.4 Å². The SMILES string of the molecule is COC(=O)c1sc(N2CCC[C@H](N)C2)nc1N. The number of anilines is 2. The van der Waals surface area contributed by atoms with Crippen LogP contribution in [0, 0.1) is 0 Å². The number of rotatable bonds is 2. The van der Waals surface area contributed by atoms with Gasteiger partial charge in [0, 0.05) is 19.1 Å². The highest BCUT2D eigenvalue weighted by Gasteiger charge is 2.23. The normalized spacial score (nSPS) is 20.4. The number of piperidine rings is 1. The van der Waals surface area contributed by atoms with E-state index in [2.05, 4.69) is 14.6 Å². The maximum absolute atomic E-state index is 11.4. The highest BCUT2D eigenvalue weighted by Crippen LogP contribution is 2.30. The first-order valence-electron chi connectivity index (χ1n) is 5.47. The molecule has 17 heavy (non-hydrogen) atoms. The van der Waals surface area contributed by atoms with E-state index in [0.29, 0.717) is 4.88 Å². The van der Waals surface area contributed by atoms with Crippen LogP contribution in [0.2, 0.25) is 0 Å². The van der Waals surface area contributed by atoms with E-state index < -0.39 is 5.97 Å². The van der Waals surface area contributed by atoms with Gasteiger partial charge in [-0.1, -0.05) is 11.3 Å². The number of carbonyl (C=O) groups excluding carboxylic acids is 1. The standard InChI is InChI=1S/C10H16N4O2S/c1-16-9(15)7-8(12)13-10(17-7)14-4-2-3-6(11)5-14/h6H,2-5,11-12H2,1H3/t6-/m0/s1. The van der Waals surface area contributed by atoms with Crippen LogP contribution in [0.1, 0.15) is 22.5 Å². The van der Waals surface area contributed by atoms with Crippen LogP contribution in [0.4, 0.5) is 10.9 Å². The second-order valence-corrected chi connectivity index (χ2v) is 5.03. The maximum atomic E-state index is 11.4. The zero-order chi connectivity index (χ0) is 12.4. The van der Waals surface area contributed by atoms with Gasteiger partial charge >= 0.3 is 5.97 Å². The first-order valence-corrected chi connectivity index (χ1v) is 6.28. The van der Waals surface area contributed by atoms with Crippen LogP contribution in [0.25, 0.3) is 0 Å². The van der Waals surface area contributed by atoms with Crippen LogP contribution in [0.5, 0.6) is 0 Å². The van der Waals surface area contributed by atoms with Crippen LogP contribution in [-0.2, 0) is 4.74 Å². The van der Waals surface area contributed by atoms with Crippen molar-refractivity contribution in [2.75, 3.05) is 30.8 Å². The van der Waals surface area contributed by atoms with Gasteiger partial charge in [-0.05, 0) is 12.8 Å². The van der Waals surface area contributed by atoms with Crippen molar-refractivity contribution in [3.05, 3.63) is 4.88 Å². The lowest BCUT2D eigenvalue weighted by atomic mass is 10.1. The van der Waals surface area contributed by atoms with E-state index >= 15 is 0 Å². The molecule has 2 heterocycles. The monoisotopic (exact) mass is 256 g/mol. The molecule has 4 N–H and O–H groups in total. The number of nitrogen functional groups attached to an aromatic ring is 1. The van der Waals surface area contributed by atoms with E-state index in [1.807, 2.05) is 0 Å². The van der Waals surface area contributed by atoms with E-state index in [-0.39, 0.29) is 11.9 Å². The Hall–Kier alpha value is -1.34. The minimum Gasteiger partial charge on any atom is -0.465 e. The Balaban J connectivity index is 2.19. The highest BCUT2D eigenvalue weighted by molar-refractivity contribution is 7.18. The largest absolute Gasteiger partial charge is 0.465 e. The molecule has 1 aromatic heterocycles.